The highest BCUT2D eigenvalue weighted by atomic mass is 35.5. The second-order valence-corrected chi connectivity index (χ2v) is 14.3. The van der Waals surface area contributed by atoms with Crippen LogP contribution in [0.5, 0.6) is 5.75 Å². The van der Waals surface area contributed by atoms with Gasteiger partial charge in [-0.25, -0.2) is 4.98 Å². The Morgan fingerprint density at radius 3 is 2.48 bits per heavy atom. The first-order valence-corrected chi connectivity index (χ1v) is 16.8. The Labute approximate surface area is 257 Å². The number of aromatic nitrogens is 4. The molecular weight excluding hydrogens is 570 g/mol. The number of nitrogens with one attached hydrogen (secondary N) is 3. The van der Waals surface area contributed by atoms with Crippen LogP contribution >= 0.6 is 11.6 Å². The minimum atomic E-state index is -1.25. The molecule has 3 aromatic rings. The summed E-state index contributed by atoms with van der Waals surface area (Å²) in [5.74, 6) is 2.97. The summed E-state index contributed by atoms with van der Waals surface area (Å²) in [6.45, 7) is 10.7. The van der Waals surface area contributed by atoms with Crippen LogP contribution in [-0.4, -0.2) is 48.2 Å². The molecular formula is C31H44ClN7O2S. The second-order valence-electron chi connectivity index (χ2n) is 12.5. The maximum Gasteiger partial charge on any atom is 0.286 e. The minimum Gasteiger partial charge on any atom is -0.610 e. The van der Waals surface area contributed by atoms with Crippen molar-refractivity contribution >= 4 is 45.9 Å². The molecule has 2 aromatic heterocycles. The third-order valence-electron chi connectivity index (χ3n) is 7.66. The molecule has 5 rings (SSSR count). The maximum absolute atomic E-state index is 12.9. The Hall–Kier alpha value is -2.53. The van der Waals surface area contributed by atoms with E-state index >= 15 is 0 Å². The van der Waals surface area contributed by atoms with Crippen molar-refractivity contribution in [3.8, 4) is 5.75 Å². The van der Waals surface area contributed by atoms with Crippen LogP contribution in [0.1, 0.15) is 83.3 Å². The number of halogens is 1. The predicted octanol–water partition coefficient (Wildman–Crippen LogP) is 6.99. The van der Waals surface area contributed by atoms with Gasteiger partial charge in [0.05, 0.1) is 24.2 Å². The molecule has 2 aliphatic carbocycles. The van der Waals surface area contributed by atoms with E-state index in [4.69, 9.17) is 16.3 Å². The Kier molecular flexibility index (Phi) is 9.87. The summed E-state index contributed by atoms with van der Waals surface area (Å²) >= 11 is 5.25. The van der Waals surface area contributed by atoms with E-state index in [2.05, 4.69) is 63.9 Å². The lowest BCUT2D eigenvalue weighted by Gasteiger charge is -2.32. The van der Waals surface area contributed by atoms with Crippen molar-refractivity contribution in [2.75, 3.05) is 16.4 Å². The molecule has 3 N–H and O–H groups in total. The number of nitrogens with zero attached hydrogens (tertiary/aromatic N) is 4. The number of hydrogen-bond acceptors (Lipinski definition) is 8. The quantitative estimate of drug-likeness (QED) is 0.187. The van der Waals surface area contributed by atoms with Gasteiger partial charge in [0, 0.05) is 30.3 Å². The molecule has 228 valence electrons. The number of benzene rings is 1. The molecule has 0 saturated heterocycles. The van der Waals surface area contributed by atoms with Crippen molar-refractivity contribution in [1.82, 2.24) is 25.1 Å². The zero-order chi connectivity index (χ0) is 30.0. The van der Waals surface area contributed by atoms with E-state index in [9.17, 15) is 4.55 Å². The standard InChI is InChI=1S/C31H44ClN7O2S/c1-18(2)17-42(40)30-27(16-39(6)38-30)35-29-25(32)15-33-31(37-29)36-26-13-20(5)24(14-28(26)41-23-11-12-23)21-7-9-22(10-8-21)34-19(3)4/h13-16,18-19,21-23,34H,7-12,17H2,1-6H3,(H2,33,35,36,37)/t21-,22+,42?. The fourth-order valence-corrected chi connectivity index (χ4v) is 7.08. The molecule has 1 aromatic carbocycles. The monoisotopic (exact) mass is 613 g/mol. The van der Waals surface area contributed by atoms with Gasteiger partial charge in [0.15, 0.2) is 5.82 Å². The second kappa shape index (κ2) is 13.4. The van der Waals surface area contributed by atoms with E-state index in [-0.39, 0.29) is 12.0 Å². The van der Waals surface area contributed by atoms with Crippen molar-refractivity contribution in [3.05, 3.63) is 40.7 Å². The summed E-state index contributed by atoms with van der Waals surface area (Å²) in [6, 6.07) is 5.51. The van der Waals surface area contributed by atoms with Crippen LogP contribution in [0, 0.1) is 12.8 Å². The molecule has 0 bridgehead atoms. The number of ether oxygens (including phenoxy) is 1. The normalized spacial score (nSPS) is 19.8. The topological polar surface area (TPSA) is 112 Å². The van der Waals surface area contributed by atoms with Crippen molar-refractivity contribution in [1.29, 1.82) is 0 Å². The molecule has 0 spiro atoms. The Balaban J connectivity index is 1.36. The van der Waals surface area contributed by atoms with Gasteiger partial charge in [-0.2, -0.15) is 4.98 Å². The summed E-state index contributed by atoms with van der Waals surface area (Å²) in [7, 11) is 1.80. The van der Waals surface area contributed by atoms with Crippen molar-refractivity contribution in [3.63, 3.8) is 0 Å². The van der Waals surface area contributed by atoms with Crippen LogP contribution < -0.4 is 20.7 Å². The van der Waals surface area contributed by atoms with Gasteiger partial charge in [0.25, 0.3) is 5.03 Å². The highest BCUT2D eigenvalue weighted by Gasteiger charge is 2.28. The van der Waals surface area contributed by atoms with Crippen molar-refractivity contribution in [2.45, 2.75) is 102 Å². The van der Waals surface area contributed by atoms with Gasteiger partial charge < -0.3 is 25.2 Å². The zero-order valence-corrected chi connectivity index (χ0v) is 27.1. The third kappa shape index (κ3) is 7.89. The Morgan fingerprint density at radius 2 is 1.81 bits per heavy atom. The first-order valence-electron chi connectivity index (χ1n) is 15.1. The predicted molar refractivity (Wildman–Crippen MR) is 171 cm³/mol. The van der Waals surface area contributed by atoms with E-state index < -0.39 is 11.2 Å². The van der Waals surface area contributed by atoms with E-state index in [1.807, 2.05) is 13.8 Å². The molecule has 9 nitrogen and oxygen atoms in total. The van der Waals surface area contributed by atoms with Gasteiger partial charge in [-0.15, -0.1) is 5.10 Å². The number of aryl methyl sites for hydroxylation is 2. The lowest BCUT2D eigenvalue weighted by atomic mass is 9.80. The van der Waals surface area contributed by atoms with Gasteiger partial charge in [-0.05, 0) is 80.5 Å². The molecule has 2 saturated carbocycles. The van der Waals surface area contributed by atoms with Gasteiger partial charge >= 0.3 is 0 Å². The van der Waals surface area contributed by atoms with Crippen LogP contribution in [0.3, 0.4) is 0 Å². The van der Waals surface area contributed by atoms with Crippen molar-refractivity contribution < 1.29 is 9.29 Å². The van der Waals surface area contributed by atoms with Gasteiger partial charge in [0.1, 0.15) is 22.2 Å². The van der Waals surface area contributed by atoms with Gasteiger partial charge in [0.2, 0.25) is 5.95 Å². The lowest BCUT2D eigenvalue weighted by Crippen LogP contribution is -2.37. The van der Waals surface area contributed by atoms with Crippen LogP contribution in [0.15, 0.2) is 29.6 Å². The summed E-state index contributed by atoms with van der Waals surface area (Å²) < 4.78 is 21.0. The van der Waals surface area contributed by atoms with Crippen LogP contribution in [0.2, 0.25) is 5.02 Å². The Morgan fingerprint density at radius 1 is 1.07 bits per heavy atom. The number of anilines is 4. The largest absolute Gasteiger partial charge is 0.610 e. The molecule has 2 aliphatic rings. The first kappa shape index (κ1) is 30.9. The van der Waals surface area contributed by atoms with Gasteiger partial charge in [-0.3, -0.25) is 4.68 Å². The Bertz CT molecular complexity index is 1370. The summed E-state index contributed by atoms with van der Waals surface area (Å²) in [5, 5.41) is 15.6. The molecule has 0 amide bonds. The highest BCUT2D eigenvalue weighted by Crippen LogP contribution is 2.41. The van der Waals surface area contributed by atoms with Crippen LogP contribution in [0.25, 0.3) is 0 Å². The number of hydrogen-bond donors (Lipinski definition) is 3. The van der Waals surface area contributed by atoms with Crippen molar-refractivity contribution in [2.24, 2.45) is 13.0 Å². The average molecular weight is 614 g/mol. The minimum absolute atomic E-state index is 0.256. The van der Waals surface area contributed by atoms with E-state index in [1.165, 1.54) is 36.8 Å². The fourth-order valence-electron chi connectivity index (χ4n) is 5.61. The zero-order valence-electron chi connectivity index (χ0n) is 25.5. The molecule has 1 atom stereocenters. The summed E-state index contributed by atoms with van der Waals surface area (Å²) in [5.41, 5.74) is 4.06. The summed E-state index contributed by atoms with van der Waals surface area (Å²) in [4.78, 5) is 9.13. The van der Waals surface area contributed by atoms with Gasteiger partial charge in [-0.1, -0.05) is 39.3 Å². The SMILES string of the molecule is Cc1cc(Nc2ncc(Cl)c(Nc3cn(C)nc3[S+]([O-])CC(C)C)n2)c(OC2CC2)cc1[C@H]1CC[C@@H](NC(C)C)CC1. The molecule has 11 heteroatoms. The first-order chi connectivity index (χ1) is 20.0. The van der Waals surface area contributed by atoms with Crippen LogP contribution in [-0.2, 0) is 18.2 Å². The smallest absolute Gasteiger partial charge is 0.286 e. The van der Waals surface area contributed by atoms with E-state index in [1.54, 1.807) is 24.1 Å². The van der Waals surface area contributed by atoms with E-state index in [0.29, 0.717) is 51.3 Å². The maximum atomic E-state index is 12.9. The molecule has 2 heterocycles. The fraction of sp³-hybridized carbons (Fsp3) is 0.581. The molecule has 1 unspecified atom stereocenters. The molecule has 0 radical (unpaired) electrons. The molecule has 42 heavy (non-hydrogen) atoms. The molecule has 0 aliphatic heterocycles. The average Bonchev–Trinajstić information content (AvgIpc) is 3.66. The number of rotatable bonds is 12. The summed E-state index contributed by atoms with van der Waals surface area (Å²) in [6.07, 6.45) is 10.5. The highest BCUT2D eigenvalue weighted by molar-refractivity contribution is 7.91. The lowest BCUT2D eigenvalue weighted by molar-refractivity contribution is 0.302. The van der Waals surface area contributed by atoms with E-state index in [0.717, 1.165) is 24.3 Å². The van der Waals surface area contributed by atoms with Crippen LogP contribution in [0.4, 0.5) is 23.1 Å². The third-order valence-corrected chi connectivity index (χ3v) is 9.64. The molecule has 2 fully saturated rings.